The van der Waals surface area contributed by atoms with Gasteiger partial charge in [0.05, 0.1) is 7.11 Å². The highest BCUT2D eigenvalue weighted by molar-refractivity contribution is 5.76. The van der Waals surface area contributed by atoms with Gasteiger partial charge in [-0.2, -0.15) is 0 Å². The molecule has 29 heavy (non-hydrogen) atoms. The van der Waals surface area contributed by atoms with Gasteiger partial charge in [-0.25, -0.2) is 0 Å². The van der Waals surface area contributed by atoms with Crippen molar-refractivity contribution in [2.45, 2.75) is 12.8 Å². The number of ether oxygens (including phenoxy) is 1. The van der Waals surface area contributed by atoms with Crippen molar-refractivity contribution in [3.05, 3.63) is 120 Å². The number of hydrogen-bond acceptors (Lipinski definition) is 2. The van der Waals surface area contributed by atoms with Gasteiger partial charge in [0.25, 0.3) is 0 Å². The SMILES string of the molecule is COc1ccc(CCc2ccc(N(c3ccccc3)c3ccccc3)cc2)cc1. The van der Waals surface area contributed by atoms with Crippen LogP contribution < -0.4 is 9.64 Å². The molecule has 2 nitrogen and oxygen atoms in total. The van der Waals surface area contributed by atoms with E-state index in [0.29, 0.717) is 0 Å². The second-order valence-electron chi connectivity index (χ2n) is 7.02. The molecule has 144 valence electrons. The van der Waals surface area contributed by atoms with Crippen LogP contribution in [0.5, 0.6) is 5.75 Å². The molecular weight excluding hydrogens is 354 g/mol. The Morgan fingerprint density at radius 3 is 1.38 bits per heavy atom. The van der Waals surface area contributed by atoms with Gasteiger partial charge in [0.2, 0.25) is 0 Å². The van der Waals surface area contributed by atoms with E-state index in [-0.39, 0.29) is 0 Å². The Labute approximate surface area is 173 Å². The van der Waals surface area contributed by atoms with Crippen LogP contribution in [-0.4, -0.2) is 7.11 Å². The molecule has 0 aliphatic carbocycles. The summed E-state index contributed by atoms with van der Waals surface area (Å²) in [6, 6.07) is 38.2. The first-order valence-corrected chi connectivity index (χ1v) is 9.95. The lowest BCUT2D eigenvalue weighted by molar-refractivity contribution is 0.414. The first-order valence-electron chi connectivity index (χ1n) is 9.95. The summed E-state index contributed by atoms with van der Waals surface area (Å²) >= 11 is 0. The van der Waals surface area contributed by atoms with Crippen LogP contribution in [0.15, 0.2) is 109 Å². The molecule has 0 saturated heterocycles. The van der Waals surface area contributed by atoms with Gasteiger partial charge in [0.1, 0.15) is 5.75 Å². The van der Waals surface area contributed by atoms with Crippen molar-refractivity contribution in [1.29, 1.82) is 0 Å². The first kappa shape index (κ1) is 18.8. The van der Waals surface area contributed by atoms with Crippen LogP contribution in [0.4, 0.5) is 17.1 Å². The van der Waals surface area contributed by atoms with Gasteiger partial charge in [-0.3, -0.25) is 0 Å². The molecule has 0 unspecified atom stereocenters. The molecule has 0 spiro atoms. The summed E-state index contributed by atoms with van der Waals surface area (Å²) in [4.78, 5) is 2.28. The summed E-state index contributed by atoms with van der Waals surface area (Å²) in [5, 5.41) is 0. The van der Waals surface area contributed by atoms with Gasteiger partial charge in [-0.05, 0) is 72.5 Å². The number of rotatable bonds is 7. The monoisotopic (exact) mass is 379 g/mol. The molecule has 2 heteroatoms. The number of methoxy groups -OCH3 is 1. The van der Waals surface area contributed by atoms with E-state index >= 15 is 0 Å². The van der Waals surface area contributed by atoms with E-state index < -0.39 is 0 Å². The molecule has 0 aromatic heterocycles. The normalized spacial score (nSPS) is 10.5. The summed E-state index contributed by atoms with van der Waals surface area (Å²) in [5.41, 5.74) is 6.14. The Balaban J connectivity index is 1.52. The van der Waals surface area contributed by atoms with Crippen molar-refractivity contribution in [3.63, 3.8) is 0 Å². The lowest BCUT2D eigenvalue weighted by Gasteiger charge is -2.25. The van der Waals surface area contributed by atoms with Gasteiger partial charge in [-0.1, -0.05) is 60.7 Å². The number of benzene rings is 4. The number of para-hydroxylation sites is 2. The molecule has 0 fully saturated rings. The maximum Gasteiger partial charge on any atom is 0.118 e. The zero-order chi connectivity index (χ0) is 19.9. The van der Waals surface area contributed by atoms with Crippen LogP contribution in [0.1, 0.15) is 11.1 Å². The molecule has 4 aromatic rings. The van der Waals surface area contributed by atoms with Gasteiger partial charge in [-0.15, -0.1) is 0 Å². The molecule has 0 aliphatic rings. The highest BCUT2D eigenvalue weighted by Gasteiger charge is 2.11. The largest absolute Gasteiger partial charge is 0.497 e. The van der Waals surface area contributed by atoms with Crippen molar-refractivity contribution in [2.75, 3.05) is 12.0 Å². The average Bonchev–Trinajstić information content (AvgIpc) is 2.80. The molecule has 4 aromatic carbocycles. The fraction of sp³-hybridized carbons (Fsp3) is 0.111. The minimum atomic E-state index is 0.903. The Bertz CT molecular complexity index is 970. The van der Waals surface area contributed by atoms with Crippen LogP contribution >= 0.6 is 0 Å². The average molecular weight is 380 g/mol. The lowest BCUT2D eigenvalue weighted by atomic mass is 10.0. The quantitative estimate of drug-likeness (QED) is 0.344. The summed E-state index contributed by atoms with van der Waals surface area (Å²) in [7, 11) is 1.70. The Hall–Kier alpha value is -3.52. The summed E-state index contributed by atoms with van der Waals surface area (Å²) < 4.78 is 5.24. The molecule has 0 saturated carbocycles. The topological polar surface area (TPSA) is 12.5 Å². The molecule has 0 radical (unpaired) electrons. The predicted molar refractivity (Wildman–Crippen MR) is 122 cm³/mol. The fourth-order valence-electron chi connectivity index (χ4n) is 3.49. The van der Waals surface area contributed by atoms with E-state index in [1.165, 1.54) is 11.1 Å². The van der Waals surface area contributed by atoms with Gasteiger partial charge >= 0.3 is 0 Å². The Morgan fingerprint density at radius 1 is 0.517 bits per heavy atom. The molecule has 0 bridgehead atoms. The summed E-state index contributed by atoms with van der Waals surface area (Å²) in [6.07, 6.45) is 2.04. The standard InChI is InChI=1S/C27H25NO/c1-29-27-20-16-23(17-21-27)13-12-22-14-18-26(19-15-22)28(24-8-4-2-5-9-24)25-10-6-3-7-11-25/h2-11,14-21H,12-13H2,1H3. The summed E-state index contributed by atoms with van der Waals surface area (Å²) in [6.45, 7) is 0. The zero-order valence-electron chi connectivity index (χ0n) is 16.7. The zero-order valence-corrected chi connectivity index (χ0v) is 16.7. The number of hydrogen-bond donors (Lipinski definition) is 0. The molecule has 0 N–H and O–H groups in total. The third-order valence-corrected chi connectivity index (χ3v) is 5.08. The maximum absolute atomic E-state index is 5.24. The van der Waals surface area contributed by atoms with Crippen LogP contribution in [0.3, 0.4) is 0 Å². The van der Waals surface area contributed by atoms with Gasteiger partial charge < -0.3 is 9.64 Å². The number of anilines is 3. The van der Waals surface area contributed by atoms with E-state index in [4.69, 9.17) is 4.74 Å². The second kappa shape index (κ2) is 9.11. The maximum atomic E-state index is 5.24. The van der Waals surface area contributed by atoms with E-state index in [0.717, 1.165) is 35.7 Å². The minimum absolute atomic E-state index is 0.903. The van der Waals surface area contributed by atoms with Gasteiger partial charge in [0.15, 0.2) is 0 Å². The van der Waals surface area contributed by atoms with E-state index in [1.807, 2.05) is 12.1 Å². The van der Waals surface area contributed by atoms with Crippen LogP contribution in [0.2, 0.25) is 0 Å². The Morgan fingerprint density at radius 2 is 0.931 bits per heavy atom. The smallest absolute Gasteiger partial charge is 0.118 e. The van der Waals surface area contributed by atoms with E-state index in [9.17, 15) is 0 Å². The van der Waals surface area contributed by atoms with Crippen LogP contribution in [0.25, 0.3) is 0 Å². The third kappa shape index (κ3) is 4.67. The van der Waals surface area contributed by atoms with Crippen molar-refractivity contribution >= 4 is 17.1 Å². The highest BCUT2D eigenvalue weighted by atomic mass is 16.5. The highest BCUT2D eigenvalue weighted by Crippen LogP contribution is 2.34. The molecule has 0 heterocycles. The van der Waals surface area contributed by atoms with Crippen molar-refractivity contribution in [3.8, 4) is 5.75 Å². The second-order valence-corrected chi connectivity index (χ2v) is 7.02. The minimum Gasteiger partial charge on any atom is -0.497 e. The molecule has 4 rings (SSSR count). The van der Waals surface area contributed by atoms with E-state index in [1.54, 1.807) is 7.11 Å². The molecular formula is C27H25NO. The van der Waals surface area contributed by atoms with Gasteiger partial charge in [0, 0.05) is 17.1 Å². The summed E-state index contributed by atoms with van der Waals surface area (Å²) in [5.74, 6) is 0.903. The fourth-order valence-corrected chi connectivity index (χ4v) is 3.49. The van der Waals surface area contributed by atoms with E-state index in [2.05, 4.69) is 102 Å². The van der Waals surface area contributed by atoms with Crippen molar-refractivity contribution in [2.24, 2.45) is 0 Å². The predicted octanol–water partition coefficient (Wildman–Crippen LogP) is 6.95. The lowest BCUT2D eigenvalue weighted by Crippen LogP contribution is -2.09. The van der Waals surface area contributed by atoms with Crippen molar-refractivity contribution < 1.29 is 4.74 Å². The number of aryl methyl sites for hydroxylation is 2. The van der Waals surface area contributed by atoms with Crippen molar-refractivity contribution in [1.82, 2.24) is 0 Å². The van der Waals surface area contributed by atoms with Crippen LogP contribution in [0, 0.1) is 0 Å². The van der Waals surface area contributed by atoms with Crippen LogP contribution in [-0.2, 0) is 12.8 Å². The number of nitrogens with zero attached hydrogens (tertiary/aromatic N) is 1. The Kier molecular flexibility index (Phi) is 5.92. The molecule has 0 amide bonds. The third-order valence-electron chi connectivity index (χ3n) is 5.08. The molecule has 0 aliphatic heterocycles. The molecule has 0 atom stereocenters. The first-order chi connectivity index (χ1) is 14.3.